The second-order valence-electron chi connectivity index (χ2n) is 6.63. The van der Waals surface area contributed by atoms with E-state index in [4.69, 9.17) is 16.3 Å². The molecule has 0 bridgehead atoms. The molecule has 0 aliphatic carbocycles. The number of ether oxygens (including phenoxy) is 1. The van der Waals surface area contributed by atoms with Gasteiger partial charge in [0.1, 0.15) is 6.10 Å². The molecule has 0 unspecified atom stereocenters. The van der Waals surface area contributed by atoms with Crippen LogP contribution in [-0.2, 0) is 4.74 Å². The van der Waals surface area contributed by atoms with E-state index >= 15 is 0 Å². The first-order chi connectivity index (χ1) is 13.2. The Balaban J connectivity index is 1.47. The van der Waals surface area contributed by atoms with Crippen LogP contribution < -0.4 is 5.32 Å². The number of nitrogens with one attached hydrogen (secondary N) is 1. The first kappa shape index (κ1) is 18.2. The van der Waals surface area contributed by atoms with Gasteiger partial charge in [-0.1, -0.05) is 54.1 Å². The fourth-order valence-corrected chi connectivity index (χ4v) is 4.53. The fourth-order valence-electron chi connectivity index (χ4n) is 3.48. The Morgan fingerprint density at radius 1 is 1.04 bits per heavy atom. The Labute approximate surface area is 167 Å². The molecule has 2 heterocycles. The van der Waals surface area contributed by atoms with Crippen molar-refractivity contribution in [3.63, 3.8) is 0 Å². The number of carbonyl (C=O) groups is 1. The molecule has 0 saturated carbocycles. The van der Waals surface area contributed by atoms with Crippen LogP contribution in [-0.4, -0.2) is 25.2 Å². The van der Waals surface area contributed by atoms with E-state index in [2.05, 4.69) is 17.4 Å². The number of carbonyl (C=O) groups excluding carboxylic acids is 1. The van der Waals surface area contributed by atoms with Gasteiger partial charge in [-0.25, -0.2) is 4.79 Å². The highest BCUT2D eigenvalue weighted by Gasteiger charge is 2.29. The molecule has 0 amide bonds. The van der Waals surface area contributed by atoms with Crippen molar-refractivity contribution in [3.05, 3.63) is 82.2 Å². The quantitative estimate of drug-likeness (QED) is 0.601. The van der Waals surface area contributed by atoms with Gasteiger partial charge in [0.2, 0.25) is 0 Å². The van der Waals surface area contributed by atoms with E-state index in [1.165, 1.54) is 16.9 Å². The van der Waals surface area contributed by atoms with E-state index in [1.807, 2.05) is 54.6 Å². The van der Waals surface area contributed by atoms with Crippen molar-refractivity contribution < 1.29 is 9.53 Å². The van der Waals surface area contributed by atoms with Crippen molar-refractivity contribution in [2.24, 2.45) is 0 Å². The van der Waals surface area contributed by atoms with Crippen LogP contribution in [0.2, 0.25) is 4.34 Å². The summed E-state index contributed by atoms with van der Waals surface area (Å²) in [6.07, 6.45) is 0.796. The van der Waals surface area contributed by atoms with E-state index in [1.54, 1.807) is 0 Å². The van der Waals surface area contributed by atoms with E-state index in [-0.39, 0.29) is 18.0 Å². The molecule has 0 spiro atoms. The fraction of sp³-hybridized carbons (Fsp3) is 0.227. The minimum atomic E-state index is -0.277. The van der Waals surface area contributed by atoms with Gasteiger partial charge < -0.3 is 10.1 Å². The average molecular weight is 398 g/mol. The first-order valence-corrected chi connectivity index (χ1v) is 10.2. The zero-order valence-corrected chi connectivity index (χ0v) is 16.3. The predicted octanol–water partition coefficient (Wildman–Crippen LogP) is 5.37. The molecule has 138 valence electrons. The molecule has 2 atom stereocenters. The highest BCUT2D eigenvalue weighted by molar-refractivity contribution is 7.19. The van der Waals surface area contributed by atoms with Crippen LogP contribution in [0, 0.1) is 0 Å². The number of benzene rings is 2. The van der Waals surface area contributed by atoms with Crippen molar-refractivity contribution >= 4 is 28.9 Å². The molecule has 3 aromatic rings. The van der Waals surface area contributed by atoms with Crippen LogP contribution in [0.25, 0.3) is 10.4 Å². The van der Waals surface area contributed by atoms with Gasteiger partial charge in [-0.3, -0.25) is 0 Å². The molecule has 27 heavy (non-hydrogen) atoms. The van der Waals surface area contributed by atoms with Gasteiger partial charge in [-0.05, 0) is 48.4 Å². The summed E-state index contributed by atoms with van der Waals surface area (Å²) >= 11 is 7.53. The van der Waals surface area contributed by atoms with Crippen molar-refractivity contribution in [3.8, 4) is 10.4 Å². The van der Waals surface area contributed by atoms with Gasteiger partial charge in [-0.2, -0.15) is 0 Å². The first-order valence-electron chi connectivity index (χ1n) is 9.03. The lowest BCUT2D eigenvalue weighted by molar-refractivity contribution is 0.0182. The molecular weight excluding hydrogens is 378 g/mol. The largest absolute Gasteiger partial charge is 0.457 e. The van der Waals surface area contributed by atoms with E-state index in [0.717, 1.165) is 27.7 Å². The average Bonchev–Trinajstić information content (AvgIpc) is 3.15. The third-order valence-corrected chi connectivity index (χ3v) is 6.17. The van der Waals surface area contributed by atoms with Crippen molar-refractivity contribution in [2.45, 2.75) is 18.4 Å². The molecule has 1 saturated heterocycles. The summed E-state index contributed by atoms with van der Waals surface area (Å²) < 4.78 is 6.63. The van der Waals surface area contributed by atoms with E-state index in [9.17, 15) is 4.79 Å². The Bertz CT molecular complexity index is 908. The number of rotatable bonds is 4. The van der Waals surface area contributed by atoms with Gasteiger partial charge in [0, 0.05) is 17.3 Å². The molecule has 1 aliphatic rings. The number of thiophene rings is 1. The summed E-state index contributed by atoms with van der Waals surface area (Å²) in [5.74, 6) is -0.0515. The highest BCUT2D eigenvalue weighted by atomic mass is 35.5. The highest BCUT2D eigenvalue weighted by Crippen LogP contribution is 2.31. The minimum Gasteiger partial charge on any atom is -0.457 e. The molecule has 0 radical (unpaired) electrons. The normalized spacial score (nSPS) is 19.6. The molecule has 1 aromatic heterocycles. The Hall–Kier alpha value is -2.14. The summed E-state index contributed by atoms with van der Waals surface area (Å²) in [7, 11) is 0. The number of piperidine rings is 1. The smallest absolute Gasteiger partial charge is 0.338 e. The SMILES string of the molecule is O=C(O[C@@H]1CNCC[C@H]1c1ccccc1)c1ccc(-c2ccc(Cl)s2)cc1. The molecular formula is C22H20ClNO2S. The topological polar surface area (TPSA) is 38.3 Å². The Morgan fingerprint density at radius 3 is 2.52 bits per heavy atom. The second-order valence-corrected chi connectivity index (χ2v) is 8.35. The number of hydrogen-bond donors (Lipinski definition) is 1. The number of esters is 1. The molecule has 1 N–H and O–H groups in total. The molecule has 4 rings (SSSR count). The third-order valence-electron chi connectivity index (χ3n) is 4.89. The van der Waals surface area contributed by atoms with Crippen LogP contribution in [0.5, 0.6) is 0 Å². The summed E-state index contributed by atoms with van der Waals surface area (Å²) in [4.78, 5) is 13.8. The lowest BCUT2D eigenvalue weighted by Gasteiger charge is -2.32. The standard InChI is InChI=1S/C22H20ClNO2S/c23-21-11-10-20(27-21)16-6-8-17(9-7-16)22(25)26-19-14-24-13-12-18(19)15-4-2-1-3-5-15/h1-11,18-19,24H,12-14H2/t18-,19+/m0/s1. The van der Waals surface area contributed by atoms with Gasteiger partial charge >= 0.3 is 5.97 Å². The van der Waals surface area contributed by atoms with Crippen LogP contribution in [0.1, 0.15) is 28.3 Å². The van der Waals surface area contributed by atoms with Gasteiger partial charge in [0.15, 0.2) is 0 Å². The lowest BCUT2D eigenvalue weighted by atomic mass is 9.88. The maximum absolute atomic E-state index is 12.7. The summed E-state index contributed by atoms with van der Waals surface area (Å²) in [6, 6.07) is 21.7. The Kier molecular flexibility index (Phi) is 5.58. The lowest BCUT2D eigenvalue weighted by Crippen LogP contribution is -2.42. The zero-order valence-electron chi connectivity index (χ0n) is 14.7. The maximum atomic E-state index is 12.7. The van der Waals surface area contributed by atoms with Crippen molar-refractivity contribution in [1.29, 1.82) is 0 Å². The van der Waals surface area contributed by atoms with Crippen molar-refractivity contribution in [1.82, 2.24) is 5.32 Å². The molecule has 5 heteroatoms. The maximum Gasteiger partial charge on any atom is 0.338 e. The third kappa shape index (κ3) is 4.24. The summed E-state index contributed by atoms with van der Waals surface area (Å²) in [6.45, 7) is 1.61. The minimum absolute atomic E-state index is 0.163. The van der Waals surface area contributed by atoms with Crippen molar-refractivity contribution in [2.75, 3.05) is 13.1 Å². The second kappa shape index (κ2) is 8.26. The van der Waals surface area contributed by atoms with Gasteiger partial charge in [0.25, 0.3) is 0 Å². The number of halogens is 1. The Morgan fingerprint density at radius 2 is 1.81 bits per heavy atom. The van der Waals surface area contributed by atoms with Crippen LogP contribution in [0.4, 0.5) is 0 Å². The van der Waals surface area contributed by atoms with Crippen LogP contribution in [0.3, 0.4) is 0 Å². The van der Waals surface area contributed by atoms with E-state index in [0.29, 0.717) is 12.1 Å². The summed E-state index contributed by atoms with van der Waals surface area (Å²) in [5.41, 5.74) is 2.84. The van der Waals surface area contributed by atoms with Crippen LogP contribution >= 0.6 is 22.9 Å². The summed E-state index contributed by atoms with van der Waals surface area (Å²) in [5, 5.41) is 3.34. The van der Waals surface area contributed by atoms with Crippen LogP contribution in [0.15, 0.2) is 66.7 Å². The van der Waals surface area contributed by atoms with Gasteiger partial charge in [0.05, 0.1) is 9.90 Å². The zero-order chi connectivity index (χ0) is 18.6. The molecule has 3 nitrogen and oxygen atoms in total. The van der Waals surface area contributed by atoms with E-state index < -0.39 is 0 Å². The monoisotopic (exact) mass is 397 g/mol. The predicted molar refractivity (Wildman–Crippen MR) is 111 cm³/mol. The van der Waals surface area contributed by atoms with Gasteiger partial charge in [-0.15, -0.1) is 11.3 Å². The molecule has 1 aliphatic heterocycles. The molecule has 2 aromatic carbocycles. The molecule has 1 fully saturated rings. The number of hydrogen-bond acceptors (Lipinski definition) is 4.